The van der Waals surface area contributed by atoms with Crippen molar-refractivity contribution in [3.05, 3.63) is 58.7 Å². The molecule has 3 heterocycles. The molecule has 0 fully saturated rings. The smallest absolute Gasteiger partial charge is 0.252 e. The van der Waals surface area contributed by atoms with Gasteiger partial charge in [-0.15, -0.1) is 5.10 Å². The summed E-state index contributed by atoms with van der Waals surface area (Å²) in [6.45, 7) is 5.41. The number of hydrogen-bond acceptors (Lipinski definition) is 5. The van der Waals surface area contributed by atoms with Gasteiger partial charge in [0.25, 0.3) is 5.78 Å². The highest BCUT2D eigenvalue weighted by Gasteiger charge is 2.23. The van der Waals surface area contributed by atoms with Gasteiger partial charge in [-0.3, -0.25) is 9.69 Å². The second kappa shape index (κ2) is 7.08. The van der Waals surface area contributed by atoms with E-state index in [1.54, 1.807) is 4.52 Å². The van der Waals surface area contributed by atoms with Crippen molar-refractivity contribution < 1.29 is 4.79 Å². The van der Waals surface area contributed by atoms with Crippen LogP contribution in [0.2, 0.25) is 0 Å². The van der Waals surface area contributed by atoms with Crippen LogP contribution in [0.3, 0.4) is 0 Å². The quantitative estimate of drug-likeness (QED) is 0.758. The highest BCUT2D eigenvalue weighted by atomic mass is 16.1. The molecule has 27 heavy (non-hydrogen) atoms. The Morgan fingerprint density at radius 2 is 2.00 bits per heavy atom. The van der Waals surface area contributed by atoms with Gasteiger partial charge in [0, 0.05) is 30.5 Å². The average Bonchev–Trinajstić information content (AvgIpc) is 3.02. The fourth-order valence-electron chi connectivity index (χ4n) is 3.67. The first kappa shape index (κ1) is 17.6. The summed E-state index contributed by atoms with van der Waals surface area (Å²) in [5, 5.41) is 7.45. The zero-order chi connectivity index (χ0) is 19.0. The molecule has 1 aliphatic heterocycles. The molecular formula is C20H24N6O. The lowest BCUT2D eigenvalue weighted by Gasteiger charge is -2.34. The minimum Gasteiger partial charge on any atom is -0.354 e. The molecule has 0 aliphatic carbocycles. The number of fused-ring (bicyclic) bond motifs is 2. The molecule has 3 aromatic rings. The van der Waals surface area contributed by atoms with E-state index in [0.717, 1.165) is 24.4 Å². The maximum atomic E-state index is 12.4. The van der Waals surface area contributed by atoms with E-state index in [4.69, 9.17) is 0 Å². The van der Waals surface area contributed by atoms with E-state index >= 15 is 0 Å². The number of hydrogen-bond donors (Lipinski definition) is 1. The van der Waals surface area contributed by atoms with Crippen LogP contribution in [0.1, 0.15) is 28.3 Å². The van der Waals surface area contributed by atoms with Gasteiger partial charge in [0.15, 0.2) is 5.82 Å². The Bertz CT molecular complexity index is 995. The van der Waals surface area contributed by atoms with Crippen LogP contribution in [0.4, 0.5) is 0 Å². The SMILES string of the molecule is Cc1cc(C)n2nc(CC(=O)NCC3Cc4ccccc4CN3C)nc2n1. The number of aromatic nitrogens is 4. The van der Waals surface area contributed by atoms with Crippen LogP contribution >= 0.6 is 0 Å². The molecule has 1 N–H and O–H groups in total. The normalized spacial score (nSPS) is 17.1. The molecule has 7 heteroatoms. The number of nitrogens with one attached hydrogen (secondary N) is 1. The fourth-order valence-corrected chi connectivity index (χ4v) is 3.67. The lowest BCUT2D eigenvalue weighted by atomic mass is 9.94. The van der Waals surface area contributed by atoms with Gasteiger partial charge in [0.05, 0.1) is 6.42 Å². The molecule has 2 aromatic heterocycles. The molecule has 0 saturated carbocycles. The van der Waals surface area contributed by atoms with Gasteiger partial charge >= 0.3 is 0 Å². The third kappa shape index (κ3) is 3.68. The van der Waals surface area contributed by atoms with Crippen molar-refractivity contribution in [3.63, 3.8) is 0 Å². The molecule has 1 aliphatic rings. The molecule has 1 atom stereocenters. The van der Waals surface area contributed by atoms with Crippen molar-refractivity contribution in [1.82, 2.24) is 29.8 Å². The van der Waals surface area contributed by atoms with Crippen molar-refractivity contribution in [2.24, 2.45) is 0 Å². The molecule has 7 nitrogen and oxygen atoms in total. The van der Waals surface area contributed by atoms with Gasteiger partial charge in [-0.05, 0) is 44.5 Å². The summed E-state index contributed by atoms with van der Waals surface area (Å²) in [6, 6.07) is 10.7. The van der Waals surface area contributed by atoms with Crippen LogP contribution in [0.15, 0.2) is 30.3 Å². The molecule has 1 aromatic carbocycles. The largest absolute Gasteiger partial charge is 0.354 e. The van der Waals surface area contributed by atoms with Gasteiger partial charge in [-0.25, -0.2) is 9.50 Å². The lowest BCUT2D eigenvalue weighted by Crippen LogP contribution is -2.45. The van der Waals surface area contributed by atoms with E-state index < -0.39 is 0 Å². The minimum atomic E-state index is -0.0625. The third-order valence-corrected chi connectivity index (χ3v) is 5.13. The Hall–Kier alpha value is -2.80. The van der Waals surface area contributed by atoms with Crippen LogP contribution in [0.5, 0.6) is 0 Å². The maximum Gasteiger partial charge on any atom is 0.252 e. The second-order valence-electron chi connectivity index (χ2n) is 7.30. The van der Waals surface area contributed by atoms with Crippen LogP contribution in [0, 0.1) is 13.8 Å². The number of rotatable bonds is 4. The van der Waals surface area contributed by atoms with E-state index in [1.165, 1.54) is 11.1 Å². The minimum absolute atomic E-state index is 0.0625. The van der Waals surface area contributed by atoms with Gasteiger partial charge in [0.1, 0.15) is 0 Å². The summed E-state index contributed by atoms with van der Waals surface area (Å²) in [4.78, 5) is 23.4. The number of likely N-dealkylation sites (N-methyl/N-ethyl adjacent to an activating group) is 1. The standard InChI is InChI=1S/C20H24N6O/c1-13-8-14(2)26-20(22-13)23-18(24-26)10-19(27)21-11-17-9-15-6-4-5-7-16(15)12-25(17)3/h4-8,17H,9-12H2,1-3H3,(H,21,27). The summed E-state index contributed by atoms with van der Waals surface area (Å²) in [6.07, 6.45) is 1.11. The van der Waals surface area contributed by atoms with E-state index in [9.17, 15) is 4.79 Å². The van der Waals surface area contributed by atoms with Gasteiger partial charge in [-0.2, -0.15) is 4.98 Å². The van der Waals surface area contributed by atoms with Gasteiger partial charge in [-0.1, -0.05) is 24.3 Å². The first-order valence-corrected chi connectivity index (χ1v) is 9.23. The number of aryl methyl sites for hydroxylation is 2. The average molecular weight is 364 g/mol. The Morgan fingerprint density at radius 1 is 1.22 bits per heavy atom. The van der Waals surface area contributed by atoms with Crippen molar-refractivity contribution in [2.45, 2.75) is 39.3 Å². The molecule has 1 amide bonds. The molecule has 0 saturated heterocycles. The van der Waals surface area contributed by atoms with Crippen molar-refractivity contribution in [2.75, 3.05) is 13.6 Å². The molecule has 1 unspecified atom stereocenters. The van der Waals surface area contributed by atoms with E-state index in [2.05, 4.69) is 56.6 Å². The van der Waals surface area contributed by atoms with E-state index in [-0.39, 0.29) is 12.3 Å². The van der Waals surface area contributed by atoms with Crippen LogP contribution in [-0.2, 0) is 24.2 Å². The highest BCUT2D eigenvalue weighted by Crippen LogP contribution is 2.21. The predicted octanol–water partition coefficient (Wildman–Crippen LogP) is 1.46. The molecule has 0 radical (unpaired) electrons. The summed E-state index contributed by atoms with van der Waals surface area (Å²) < 4.78 is 1.68. The summed E-state index contributed by atoms with van der Waals surface area (Å²) in [7, 11) is 2.10. The fraction of sp³-hybridized carbons (Fsp3) is 0.400. The molecule has 0 bridgehead atoms. The zero-order valence-electron chi connectivity index (χ0n) is 15.9. The molecule has 4 rings (SSSR count). The number of carbonyl (C=O) groups excluding carboxylic acids is 1. The summed E-state index contributed by atoms with van der Waals surface area (Å²) in [5.41, 5.74) is 4.59. The number of amides is 1. The van der Waals surface area contributed by atoms with Crippen LogP contribution in [0.25, 0.3) is 5.78 Å². The Balaban J connectivity index is 1.38. The van der Waals surface area contributed by atoms with E-state index in [0.29, 0.717) is 24.2 Å². The molecule has 0 spiro atoms. The van der Waals surface area contributed by atoms with Crippen LogP contribution < -0.4 is 5.32 Å². The van der Waals surface area contributed by atoms with Gasteiger partial charge < -0.3 is 5.32 Å². The molecule has 140 valence electrons. The predicted molar refractivity (Wildman–Crippen MR) is 102 cm³/mol. The van der Waals surface area contributed by atoms with Crippen molar-refractivity contribution >= 4 is 11.7 Å². The third-order valence-electron chi connectivity index (χ3n) is 5.13. The lowest BCUT2D eigenvalue weighted by molar-refractivity contribution is -0.120. The summed E-state index contributed by atoms with van der Waals surface area (Å²) >= 11 is 0. The zero-order valence-corrected chi connectivity index (χ0v) is 15.9. The van der Waals surface area contributed by atoms with Crippen molar-refractivity contribution in [3.8, 4) is 0 Å². The first-order chi connectivity index (χ1) is 13.0. The number of nitrogens with zero attached hydrogens (tertiary/aromatic N) is 5. The van der Waals surface area contributed by atoms with Gasteiger partial charge in [0.2, 0.25) is 5.91 Å². The maximum absolute atomic E-state index is 12.4. The Kier molecular flexibility index (Phi) is 4.61. The number of benzene rings is 1. The molecular weight excluding hydrogens is 340 g/mol. The van der Waals surface area contributed by atoms with Crippen molar-refractivity contribution in [1.29, 1.82) is 0 Å². The first-order valence-electron chi connectivity index (χ1n) is 9.23. The van der Waals surface area contributed by atoms with E-state index in [1.807, 2.05) is 19.9 Å². The topological polar surface area (TPSA) is 75.4 Å². The monoisotopic (exact) mass is 364 g/mol. The highest BCUT2D eigenvalue weighted by molar-refractivity contribution is 5.77. The second-order valence-corrected chi connectivity index (χ2v) is 7.30. The van der Waals surface area contributed by atoms with Crippen LogP contribution in [-0.4, -0.2) is 50.0 Å². The summed E-state index contributed by atoms with van der Waals surface area (Å²) in [5.74, 6) is 0.975. The number of carbonyl (C=O) groups is 1. The Labute approximate surface area is 158 Å². The Morgan fingerprint density at radius 3 is 2.81 bits per heavy atom.